The SMILES string of the molecule is CCCCCC(NC(=O)CCc1ccc(O)cc1C(C)(C)C)NC(=O)CCc1ccc(O)cc1C(C)(C)C. The van der Waals surface area contributed by atoms with Crippen molar-refractivity contribution < 1.29 is 19.8 Å². The average Bonchev–Trinajstić information content (AvgIpc) is 2.81. The third-order valence-corrected chi connectivity index (χ3v) is 6.81. The van der Waals surface area contributed by atoms with Gasteiger partial charge in [-0.1, -0.05) is 73.4 Å². The summed E-state index contributed by atoms with van der Waals surface area (Å²) in [4.78, 5) is 25.8. The van der Waals surface area contributed by atoms with E-state index < -0.39 is 6.17 Å². The number of aryl methyl sites for hydroxylation is 2. The Labute approximate surface area is 229 Å². The standard InChI is InChI=1S/C32H48N2O4/c1-8-9-10-11-28(33-29(37)18-14-22-12-16-24(35)20-26(22)31(2,3)4)34-30(38)19-15-23-13-17-25(36)21-27(23)32(5,6)7/h12-13,16-17,20-21,28,35-36H,8-11,14-15,18-19H2,1-7H3,(H,33,37)(H,34,38). The lowest BCUT2D eigenvalue weighted by atomic mass is 9.82. The van der Waals surface area contributed by atoms with Crippen LogP contribution in [0.15, 0.2) is 36.4 Å². The number of aromatic hydroxyl groups is 2. The zero-order valence-electron chi connectivity index (χ0n) is 24.4. The van der Waals surface area contributed by atoms with E-state index >= 15 is 0 Å². The van der Waals surface area contributed by atoms with Gasteiger partial charge in [0, 0.05) is 12.8 Å². The predicted molar refractivity (Wildman–Crippen MR) is 154 cm³/mol. The number of nitrogens with one attached hydrogen (secondary N) is 2. The van der Waals surface area contributed by atoms with Gasteiger partial charge in [0.05, 0.1) is 0 Å². The summed E-state index contributed by atoms with van der Waals surface area (Å²) in [6.07, 6.45) is 5.01. The normalized spacial score (nSPS) is 12.0. The zero-order valence-corrected chi connectivity index (χ0v) is 24.4. The fourth-order valence-corrected chi connectivity index (χ4v) is 4.77. The number of amides is 2. The van der Waals surface area contributed by atoms with Crippen LogP contribution in [0, 0.1) is 0 Å². The summed E-state index contributed by atoms with van der Waals surface area (Å²) < 4.78 is 0. The lowest BCUT2D eigenvalue weighted by Crippen LogP contribution is -2.48. The van der Waals surface area contributed by atoms with Crippen molar-refractivity contribution in [3.63, 3.8) is 0 Å². The Morgan fingerprint density at radius 1 is 0.737 bits per heavy atom. The highest BCUT2D eigenvalue weighted by molar-refractivity contribution is 5.79. The van der Waals surface area contributed by atoms with Crippen LogP contribution < -0.4 is 10.6 Å². The Balaban J connectivity index is 2.01. The first-order valence-electron chi connectivity index (χ1n) is 13.9. The van der Waals surface area contributed by atoms with E-state index in [1.54, 1.807) is 24.3 Å². The van der Waals surface area contributed by atoms with Gasteiger partial charge in [-0.3, -0.25) is 9.59 Å². The Hall–Kier alpha value is -3.02. The molecule has 38 heavy (non-hydrogen) atoms. The summed E-state index contributed by atoms with van der Waals surface area (Å²) in [5.74, 6) is 0.245. The summed E-state index contributed by atoms with van der Waals surface area (Å²) in [7, 11) is 0. The first-order valence-corrected chi connectivity index (χ1v) is 13.9. The molecule has 2 rings (SSSR count). The van der Waals surface area contributed by atoms with Crippen LogP contribution in [-0.4, -0.2) is 28.2 Å². The van der Waals surface area contributed by atoms with Crippen molar-refractivity contribution in [1.29, 1.82) is 0 Å². The third-order valence-electron chi connectivity index (χ3n) is 6.81. The van der Waals surface area contributed by atoms with Crippen LogP contribution >= 0.6 is 0 Å². The fraction of sp³-hybridized carbons (Fsp3) is 0.562. The number of rotatable bonds is 12. The van der Waals surface area contributed by atoms with Crippen molar-refractivity contribution >= 4 is 11.8 Å². The summed E-state index contributed by atoms with van der Waals surface area (Å²) in [5, 5.41) is 25.9. The number of carbonyl (C=O) groups excluding carboxylic acids is 2. The molecule has 0 radical (unpaired) electrons. The molecule has 0 bridgehead atoms. The Morgan fingerprint density at radius 3 is 1.53 bits per heavy atom. The lowest BCUT2D eigenvalue weighted by molar-refractivity contribution is -0.124. The second kappa shape index (κ2) is 13.7. The molecule has 0 aromatic heterocycles. The van der Waals surface area contributed by atoms with E-state index in [2.05, 4.69) is 59.1 Å². The van der Waals surface area contributed by atoms with E-state index in [1.807, 2.05) is 12.1 Å². The number of carbonyl (C=O) groups is 2. The minimum absolute atomic E-state index is 0.103. The van der Waals surface area contributed by atoms with Crippen molar-refractivity contribution in [1.82, 2.24) is 10.6 Å². The summed E-state index contributed by atoms with van der Waals surface area (Å²) in [6, 6.07) is 10.7. The molecule has 0 aliphatic carbocycles. The van der Waals surface area contributed by atoms with Gasteiger partial charge in [0.2, 0.25) is 11.8 Å². The second-order valence-electron chi connectivity index (χ2n) is 12.4. The van der Waals surface area contributed by atoms with E-state index in [1.165, 1.54) is 0 Å². The molecule has 2 amide bonds. The summed E-state index contributed by atoms with van der Waals surface area (Å²) >= 11 is 0. The van der Waals surface area contributed by atoms with Crippen LogP contribution in [0.1, 0.15) is 109 Å². The maximum Gasteiger partial charge on any atom is 0.221 e. The number of phenolic OH excluding ortho intramolecular Hbond substituents is 2. The van der Waals surface area contributed by atoms with Gasteiger partial charge in [0.25, 0.3) is 0 Å². The molecular weight excluding hydrogens is 476 g/mol. The Morgan fingerprint density at radius 2 is 1.16 bits per heavy atom. The molecule has 2 aromatic carbocycles. The predicted octanol–water partition coefficient (Wildman–Crippen LogP) is 6.40. The molecule has 210 valence electrons. The van der Waals surface area contributed by atoms with E-state index in [0.717, 1.165) is 41.5 Å². The van der Waals surface area contributed by atoms with Gasteiger partial charge in [0.1, 0.15) is 17.7 Å². The molecule has 0 saturated carbocycles. The molecule has 6 nitrogen and oxygen atoms in total. The second-order valence-corrected chi connectivity index (χ2v) is 12.4. The van der Waals surface area contributed by atoms with E-state index in [9.17, 15) is 19.8 Å². The van der Waals surface area contributed by atoms with Crippen LogP contribution in [0.4, 0.5) is 0 Å². The van der Waals surface area contributed by atoms with Crippen molar-refractivity contribution in [2.45, 2.75) is 117 Å². The Kier molecular flexibility index (Phi) is 11.2. The molecule has 0 aliphatic heterocycles. The quantitative estimate of drug-likeness (QED) is 0.191. The fourth-order valence-electron chi connectivity index (χ4n) is 4.77. The Bertz CT molecular complexity index is 998. The van der Waals surface area contributed by atoms with Crippen LogP contribution in [-0.2, 0) is 33.3 Å². The molecule has 0 fully saturated rings. The summed E-state index contributed by atoms with van der Waals surface area (Å²) in [5.41, 5.74) is 3.85. The molecule has 0 heterocycles. The molecule has 0 saturated heterocycles. The van der Waals surface area contributed by atoms with Crippen LogP contribution in [0.2, 0.25) is 0 Å². The molecule has 6 heteroatoms. The van der Waals surface area contributed by atoms with Crippen molar-refractivity contribution in [3.05, 3.63) is 58.7 Å². The topological polar surface area (TPSA) is 98.7 Å². The minimum atomic E-state index is -0.412. The third kappa shape index (κ3) is 10.0. The van der Waals surface area contributed by atoms with Gasteiger partial charge >= 0.3 is 0 Å². The molecule has 0 unspecified atom stereocenters. The lowest BCUT2D eigenvalue weighted by Gasteiger charge is -2.24. The maximum atomic E-state index is 12.9. The van der Waals surface area contributed by atoms with Gasteiger partial charge in [-0.25, -0.2) is 0 Å². The summed E-state index contributed by atoms with van der Waals surface area (Å²) in [6.45, 7) is 14.7. The van der Waals surface area contributed by atoms with Gasteiger partial charge in [-0.05, 0) is 83.0 Å². The van der Waals surface area contributed by atoms with Crippen molar-refractivity contribution in [2.24, 2.45) is 0 Å². The van der Waals surface area contributed by atoms with Crippen LogP contribution in [0.3, 0.4) is 0 Å². The zero-order chi connectivity index (χ0) is 28.5. The first-order chi connectivity index (χ1) is 17.7. The van der Waals surface area contributed by atoms with Gasteiger partial charge in [0.15, 0.2) is 0 Å². The van der Waals surface area contributed by atoms with Gasteiger partial charge < -0.3 is 20.8 Å². The number of hydrogen-bond donors (Lipinski definition) is 4. The number of unbranched alkanes of at least 4 members (excludes halogenated alkanes) is 2. The van der Waals surface area contributed by atoms with E-state index in [4.69, 9.17) is 0 Å². The number of phenols is 2. The largest absolute Gasteiger partial charge is 0.508 e. The highest BCUT2D eigenvalue weighted by Crippen LogP contribution is 2.31. The maximum absolute atomic E-state index is 12.9. The monoisotopic (exact) mass is 524 g/mol. The van der Waals surface area contributed by atoms with Crippen molar-refractivity contribution in [2.75, 3.05) is 0 Å². The molecule has 0 spiro atoms. The van der Waals surface area contributed by atoms with Crippen LogP contribution in [0.25, 0.3) is 0 Å². The smallest absolute Gasteiger partial charge is 0.221 e. The van der Waals surface area contributed by atoms with Crippen LogP contribution in [0.5, 0.6) is 11.5 Å². The van der Waals surface area contributed by atoms with E-state index in [-0.39, 0.29) is 34.1 Å². The molecule has 4 N–H and O–H groups in total. The minimum Gasteiger partial charge on any atom is -0.508 e. The molecule has 0 atom stereocenters. The van der Waals surface area contributed by atoms with E-state index in [0.29, 0.717) is 32.1 Å². The van der Waals surface area contributed by atoms with Crippen molar-refractivity contribution in [3.8, 4) is 11.5 Å². The first kappa shape index (κ1) is 31.2. The number of hydrogen-bond acceptors (Lipinski definition) is 4. The van der Waals surface area contributed by atoms with Gasteiger partial charge in [-0.2, -0.15) is 0 Å². The molecule has 2 aromatic rings. The highest BCUT2D eigenvalue weighted by Gasteiger charge is 2.22. The average molecular weight is 525 g/mol. The number of benzene rings is 2. The van der Waals surface area contributed by atoms with Gasteiger partial charge in [-0.15, -0.1) is 0 Å². The molecular formula is C32H48N2O4. The highest BCUT2D eigenvalue weighted by atomic mass is 16.3. The molecule has 0 aliphatic rings.